The van der Waals surface area contributed by atoms with Crippen LogP contribution in [0.15, 0.2) is 34.4 Å². The minimum atomic E-state index is 0.192. The van der Waals surface area contributed by atoms with Gasteiger partial charge >= 0.3 is 0 Å². The van der Waals surface area contributed by atoms with E-state index in [-0.39, 0.29) is 6.04 Å². The summed E-state index contributed by atoms with van der Waals surface area (Å²) in [6.45, 7) is 4.11. The Labute approximate surface area is 118 Å². The van der Waals surface area contributed by atoms with Crippen molar-refractivity contribution in [2.75, 3.05) is 0 Å². The lowest BCUT2D eigenvalue weighted by atomic mass is 10.1. The average molecular weight is 276 g/mol. The number of aromatic nitrogens is 3. The minimum absolute atomic E-state index is 0.192. The molecule has 0 fully saturated rings. The van der Waals surface area contributed by atoms with Crippen molar-refractivity contribution in [3.05, 3.63) is 35.7 Å². The molecule has 2 aromatic rings. The molecule has 1 atom stereocenters. The Morgan fingerprint density at radius 3 is 2.89 bits per heavy atom. The first-order valence-corrected chi connectivity index (χ1v) is 7.29. The van der Waals surface area contributed by atoms with E-state index >= 15 is 0 Å². The monoisotopic (exact) mass is 276 g/mol. The van der Waals surface area contributed by atoms with Crippen LogP contribution in [0.5, 0.6) is 0 Å². The van der Waals surface area contributed by atoms with E-state index in [9.17, 15) is 0 Å². The summed E-state index contributed by atoms with van der Waals surface area (Å²) in [5.41, 5.74) is 8.28. The Bertz CT molecular complexity index is 550. The van der Waals surface area contributed by atoms with Crippen molar-refractivity contribution in [2.24, 2.45) is 12.8 Å². The highest BCUT2D eigenvalue weighted by Gasteiger charge is 2.11. The fourth-order valence-electron chi connectivity index (χ4n) is 1.88. The Balaban J connectivity index is 2.22. The number of hydrogen-bond donors (Lipinski definition) is 1. The van der Waals surface area contributed by atoms with Crippen molar-refractivity contribution >= 4 is 11.8 Å². The highest BCUT2D eigenvalue weighted by molar-refractivity contribution is 7.99. The van der Waals surface area contributed by atoms with Gasteiger partial charge in [-0.15, -0.1) is 0 Å². The van der Waals surface area contributed by atoms with Crippen LogP contribution in [0.4, 0.5) is 0 Å². The van der Waals surface area contributed by atoms with E-state index in [1.54, 1.807) is 11.8 Å². The number of hydrogen-bond acceptors (Lipinski definition) is 4. The van der Waals surface area contributed by atoms with Gasteiger partial charge in [0.25, 0.3) is 0 Å². The molecule has 2 rings (SSSR count). The molecule has 0 saturated carbocycles. The number of pyridine rings is 1. The second-order valence-electron chi connectivity index (χ2n) is 4.69. The van der Waals surface area contributed by atoms with Crippen molar-refractivity contribution < 1.29 is 0 Å². The van der Waals surface area contributed by atoms with Gasteiger partial charge < -0.3 is 5.73 Å². The van der Waals surface area contributed by atoms with E-state index in [2.05, 4.69) is 29.1 Å². The van der Waals surface area contributed by atoms with Gasteiger partial charge in [-0.2, -0.15) is 5.10 Å². The molecule has 2 heterocycles. The molecule has 2 aromatic heterocycles. The van der Waals surface area contributed by atoms with Gasteiger partial charge in [-0.1, -0.05) is 24.8 Å². The SMILES string of the molecule is CCC(N)Cc1cccnc1Sc1cc(C)nn1C. The zero-order chi connectivity index (χ0) is 13.8. The molecule has 2 N–H and O–H groups in total. The van der Waals surface area contributed by atoms with Crippen LogP contribution in [-0.4, -0.2) is 20.8 Å². The van der Waals surface area contributed by atoms with Gasteiger partial charge in [-0.05, 0) is 37.5 Å². The van der Waals surface area contributed by atoms with Crippen LogP contribution < -0.4 is 5.73 Å². The maximum Gasteiger partial charge on any atom is 0.105 e. The number of nitrogens with zero attached hydrogens (tertiary/aromatic N) is 3. The molecule has 5 heteroatoms. The molecule has 102 valence electrons. The average Bonchev–Trinajstić information content (AvgIpc) is 2.70. The Morgan fingerprint density at radius 1 is 1.47 bits per heavy atom. The predicted octanol–water partition coefficient (Wildman–Crippen LogP) is 2.55. The van der Waals surface area contributed by atoms with Crippen LogP contribution in [0, 0.1) is 6.92 Å². The zero-order valence-corrected chi connectivity index (χ0v) is 12.4. The van der Waals surface area contributed by atoms with Crippen LogP contribution in [-0.2, 0) is 13.5 Å². The third kappa shape index (κ3) is 3.58. The number of nitrogens with two attached hydrogens (primary N) is 1. The van der Waals surface area contributed by atoms with Crippen LogP contribution in [0.25, 0.3) is 0 Å². The molecule has 0 amide bonds. The molecule has 0 aliphatic carbocycles. The first-order chi connectivity index (χ1) is 9.10. The molecular formula is C14H20N4S. The summed E-state index contributed by atoms with van der Waals surface area (Å²) in [6.07, 6.45) is 3.67. The minimum Gasteiger partial charge on any atom is -0.327 e. The molecule has 0 aliphatic rings. The molecule has 0 spiro atoms. The van der Waals surface area contributed by atoms with Crippen LogP contribution in [0.2, 0.25) is 0 Å². The first-order valence-electron chi connectivity index (χ1n) is 6.48. The van der Waals surface area contributed by atoms with Crippen LogP contribution in [0.3, 0.4) is 0 Å². The second kappa shape index (κ2) is 6.21. The quantitative estimate of drug-likeness (QED) is 0.912. The van der Waals surface area contributed by atoms with Crippen LogP contribution in [0.1, 0.15) is 24.6 Å². The van der Waals surface area contributed by atoms with E-state index in [1.165, 1.54) is 5.56 Å². The fourth-order valence-corrected chi connectivity index (χ4v) is 2.88. The molecule has 1 unspecified atom stereocenters. The molecule has 0 aliphatic heterocycles. The largest absolute Gasteiger partial charge is 0.327 e. The molecule has 0 bridgehead atoms. The number of rotatable bonds is 5. The summed E-state index contributed by atoms with van der Waals surface area (Å²) in [7, 11) is 1.95. The standard InChI is InChI=1S/C14H20N4S/c1-4-12(15)9-11-6-5-7-16-14(11)19-13-8-10(2)17-18(13)3/h5-8,12H,4,9,15H2,1-3H3. The Morgan fingerprint density at radius 2 is 2.26 bits per heavy atom. The van der Waals surface area contributed by atoms with Crippen molar-refractivity contribution in [1.29, 1.82) is 0 Å². The molecular weight excluding hydrogens is 256 g/mol. The van der Waals surface area contributed by atoms with E-state index in [0.717, 1.165) is 28.6 Å². The Hall–Kier alpha value is -1.33. The summed E-state index contributed by atoms with van der Waals surface area (Å²) in [6, 6.07) is 6.34. The van der Waals surface area contributed by atoms with E-state index in [4.69, 9.17) is 5.73 Å². The lowest BCUT2D eigenvalue weighted by Crippen LogP contribution is -2.21. The van der Waals surface area contributed by atoms with Crippen molar-refractivity contribution in [2.45, 2.75) is 42.8 Å². The molecule has 0 aromatic carbocycles. The third-order valence-corrected chi connectivity index (χ3v) is 4.17. The van der Waals surface area contributed by atoms with Gasteiger partial charge in [0.05, 0.1) is 5.69 Å². The van der Waals surface area contributed by atoms with E-state index in [0.29, 0.717) is 0 Å². The van der Waals surface area contributed by atoms with E-state index < -0.39 is 0 Å². The first kappa shape index (κ1) is 14.1. The summed E-state index contributed by atoms with van der Waals surface area (Å²) in [5.74, 6) is 0. The lowest BCUT2D eigenvalue weighted by molar-refractivity contribution is 0.637. The smallest absolute Gasteiger partial charge is 0.105 e. The molecule has 0 saturated heterocycles. The molecule has 4 nitrogen and oxygen atoms in total. The van der Waals surface area contributed by atoms with E-state index in [1.807, 2.05) is 30.9 Å². The van der Waals surface area contributed by atoms with Crippen molar-refractivity contribution in [3.8, 4) is 0 Å². The third-order valence-electron chi connectivity index (χ3n) is 3.02. The molecule has 0 radical (unpaired) electrons. The summed E-state index contributed by atoms with van der Waals surface area (Å²) in [5, 5.41) is 6.48. The summed E-state index contributed by atoms with van der Waals surface area (Å²) in [4.78, 5) is 4.48. The number of aryl methyl sites for hydroxylation is 2. The van der Waals surface area contributed by atoms with Gasteiger partial charge in [-0.25, -0.2) is 4.98 Å². The van der Waals surface area contributed by atoms with Gasteiger partial charge in [0.2, 0.25) is 0 Å². The maximum atomic E-state index is 6.05. The fraction of sp³-hybridized carbons (Fsp3) is 0.429. The lowest BCUT2D eigenvalue weighted by Gasteiger charge is -2.12. The molecule has 19 heavy (non-hydrogen) atoms. The zero-order valence-electron chi connectivity index (χ0n) is 11.6. The van der Waals surface area contributed by atoms with Crippen molar-refractivity contribution in [1.82, 2.24) is 14.8 Å². The van der Waals surface area contributed by atoms with Gasteiger partial charge in [0.1, 0.15) is 10.1 Å². The van der Waals surface area contributed by atoms with Gasteiger partial charge in [0, 0.05) is 19.3 Å². The summed E-state index contributed by atoms with van der Waals surface area (Å²) < 4.78 is 1.89. The van der Waals surface area contributed by atoms with Crippen molar-refractivity contribution in [3.63, 3.8) is 0 Å². The maximum absolute atomic E-state index is 6.05. The topological polar surface area (TPSA) is 56.7 Å². The Kier molecular flexibility index (Phi) is 4.61. The normalized spacial score (nSPS) is 12.6. The van der Waals surface area contributed by atoms with Gasteiger partial charge in [-0.3, -0.25) is 4.68 Å². The predicted molar refractivity (Wildman–Crippen MR) is 78.3 cm³/mol. The summed E-state index contributed by atoms with van der Waals surface area (Å²) >= 11 is 1.65. The highest BCUT2D eigenvalue weighted by atomic mass is 32.2. The second-order valence-corrected chi connectivity index (χ2v) is 5.70. The van der Waals surface area contributed by atoms with Crippen LogP contribution >= 0.6 is 11.8 Å². The highest BCUT2D eigenvalue weighted by Crippen LogP contribution is 2.29. The van der Waals surface area contributed by atoms with Gasteiger partial charge in [0.15, 0.2) is 0 Å².